The molecule has 3 heteroatoms. The summed E-state index contributed by atoms with van der Waals surface area (Å²) in [5.74, 6) is 0. The van der Waals surface area contributed by atoms with Crippen molar-refractivity contribution in [2.75, 3.05) is 0 Å². The zero-order valence-electron chi connectivity index (χ0n) is 6.18. The minimum Gasteiger partial charge on any atom is -0.463 e. The van der Waals surface area contributed by atoms with Gasteiger partial charge in [-0.25, -0.2) is 0 Å². The Balaban J connectivity index is 2.80. The van der Waals surface area contributed by atoms with Crippen molar-refractivity contribution in [3.05, 3.63) is 34.5 Å². The van der Waals surface area contributed by atoms with E-state index in [9.17, 15) is 0 Å². The molecule has 0 bridgehead atoms. The molecule has 62 valence electrons. The highest BCUT2D eigenvalue weighted by molar-refractivity contribution is 9.10. The first-order valence-electron chi connectivity index (χ1n) is 3.53. The van der Waals surface area contributed by atoms with E-state index in [4.69, 9.17) is 4.42 Å². The molecule has 2 rings (SSSR count). The third-order valence-electron chi connectivity index (χ3n) is 1.78. The molecular weight excluding hydrogens is 284 g/mol. The number of benzene rings is 1. The lowest BCUT2D eigenvalue weighted by atomic mass is 10.2. The molecule has 0 saturated heterocycles. The Labute approximate surface area is 87.0 Å². The second-order valence-electron chi connectivity index (χ2n) is 2.51. The monoisotopic (exact) mass is 288 g/mol. The van der Waals surface area contributed by atoms with Gasteiger partial charge in [0, 0.05) is 16.3 Å². The molecule has 1 aromatic heterocycles. The maximum atomic E-state index is 5.39. The molecule has 0 amide bonds. The van der Waals surface area contributed by atoms with Gasteiger partial charge in [-0.05, 0) is 22.0 Å². The van der Waals surface area contributed by atoms with E-state index in [1.54, 1.807) is 6.26 Å². The van der Waals surface area contributed by atoms with Gasteiger partial charge in [-0.15, -0.1) is 0 Å². The minimum atomic E-state index is 0.830. The quantitative estimate of drug-likeness (QED) is 0.721. The largest absolute Gasteiger partial charge is 0.463 e. The summed E-state index contributed by atoms with van der Waals surface area (Å²) in [6, 6.07) is 6.04. The Morgan fingerprint density at radius 2 is 2.17 bits per heavy atom. The van der Waals surface area contributed by atoms with Crippen LogP contribution in [-0.4, -0.2) is 0 Å². The molecule has 0 unspecified atom stereocenters. The van der Waals surface area contributed by atoms with Crippen molar-refractivity contribution < 1.29 is 4.42 Å². The van der Waals surface area contributed by atoms with Crippen LogP contribution in [0.1, 0.15) is 5.56 Å². The molecule has 0 spiro atoms. The predicted molar refractivity (Wildman–Crippen MR) is 56.5 cm³/mol. The molecule has 1 nitrogen and oxygen atoms in total. The topological polar surface area (TPSA) is 13.1 Å². The molecule has 0 aliphatic heterocycles. The van der Waals surface area contributed by atoms with Crippen LogP contribution in [-0.2, 0) is 5.33 Å². The van der Waals surface area contributed by atoms with Crippen molar-refractivity contribution in [3.8, 4) is 0 Å². The number of alkyl halides is 1. The molecule has 0 radical (unpaired) electrons. The van der Waals surface area contributed by atoms with E-state index in [0.717, 1.165) is 15.4 Å². The molecular formula is C9H6Br2O. The van der Waals surface area contributed by atoms with Crippen LogP contribution < -0.4 is 0 Å². The summed E-state index contributed by atoms with van der Waals surface area (Å²) in [5.41, 5.74) is 2.11. The van der Waals surface area contributed by atoms with Crippen LogP contribution in [0.15, 0.2) is 33.4 Å². The highest BCUT2D eigenvalue weighted by Crippen LogP contribution is 2.28. The smallest absolute Gasteiger partial charge is 0.148 e. The fourth-order valence-corrected chi connectivity index (χ4v) is 2.07. The average Bonchev–Trinajstić information content (AvgIpc) is 2.49. The lowest BCUT2D eigenvalue weighted by molar-refractivity contribution is 0.611. The fourth-order valence-electron chi connectivity index (χ4n) is 1.18. The summed E-state index contributed by atoms with van der Waals surface area (Å²) in [6.07, 6.45) is 1.78. The Morgan fingerprint density at radius 1 is 1.33 bits per heavy atom. The zero-order chi connectivity index (χ0) is 8.55. The number of halogens is 2. The molecule has 0 N–H and O–H groups in total. The van der Waals surface area contributed by atoms with Crippen LogP contribution in [0.2, 0.25) is 0 Å². The molecule has 0 aliphatic carbocycles. The average molecular weight is 290 g/mol. The van der Waals surface area contributed by atoms with Crippen molar-refractivity contribution in [1.29, 1.82) is 0 Å². The summed E-state index contributed by atoms with van der Waals surface area (Å²) in [7, 11) is 0. The Bertz CT molecular complexity index is 406. The van der Waals surface area contributed by atoms with E-state index in [1.165, 1.54) is 10.9 Å². The normalized spacial score (nSPS) is 10.8. The number of para-hydroxylation sites is 1. The number of hydrogen-bond donors (Lipinski definition) is 0. The van der Waals surface area contributed by atoms with Gasteiger partial charge in [0.25, 0.3) is 0 Å². The lowest BCUT2D eigenvalue weighted by Gasteiger charge is -1.92. The molecule has 2 aromatic rings. The first-order valence-corrected chi connectivity index (χ1v) is 5.45. The highest BCUT2D eigenvalue weighted by atomic mass is 79.9. The van der Waals surface area contributed by atoms with Gasteiger partial charge < -0.3 is 4.42 Å². The SMILES string of the molecule is BrCc1coc2c(Br)cccc12. The summed E-state index contributed by atoms with van der Waals surface area (Å²) in [4.78, 5) is 0. The summed E-state index contributed by atoms with van der Waals surface area (Å²) in [5, 5.41) is 2.00. The summed E-state index contributed by atoms with van der Waals surface area (Å²) < 4.78 is 6.40. The molecule has 0 saturated carbocycles. The van der Waals surface area contributed by atoms with Crippen molar-refractivity contribution in [1.82, 2.24) is 0 Å². The third-order valence-corrected chi connectivity index (χ3v) is 3.00. The third kappa shape index (κ3) is 1.21. The lowest BCUT2D eigenvalue weighted by Crippen LogP contribution is -1.72. The van der Waals surface area contributed by atoms with Crippen molar-refractivity contribution in [2.24, 2.45) is 0 Å². The predicted octanol–water partition coefficient (Wildman–Crippen LogP) is 4.09. The second-order valence-corrected chi connectivity index (χ2v) is 3.93. The van der Waals surface area contributed by atoms with Gasteiger partial charge >= 0.3 is 0 Å². The van der Waals surface area contributed by atoms with Crippen molar-refractivity contribution in [2.45, 2.75) is 5.33 Å². The Morgan fingerprint density at radius 3 is 2.92 bits per heavy atom. The van der Waals surface area contributed by atoms with E-state index in [-0.39, 0.29) is 0 Å². The molecule has 0 aliphatic rings. The van der Waals surface area contributed by atoms with Crippen molar-refractivity contribution >= 4 is 42.8 Å². The van der Waals surface area contributed by atoms with E-state index in [1.807, 2.05) is 12.1 Å². The van der Waals surface area contributed by atoms with Crippen LogP contribution in [0.25, 0.3) is 11.0 Å². The van der Waals surface area contributed by atoms with Gasteiger partial charge in [-0.1, -0.05) is 28.1 Å². The molecule has 0 atom stereocenters. The van der Waals surface area contributed by atoms with Gasteiger partial charge in [0.2, 0.25) is 0 Å². The molecule has 1 aromatic carbocycles. The van der Waals surface area contributed by atoms with Gasteiger partial charge in [0.15, 0.2) is 0 Å². The Hall–Kier alpha value is -0.280. The first-order chi connectivity index (χ1) is 5.83. The summed E-state index contributed by atoms with van der Waals surface area (Å²) in [6.45, 7) is 0. The van der Waals surface area contributed by atoms with Gasteiger partial charge in [0.1, 0.15) is 5.58 Å². The van der Waals surface area contributed by atoms with Crippen LogP contribution in [0.4, 0.5) is 0 Å². The molecule has 12 heavy (non-hydrogen) atoms. The Kier molecular flexibility index (Phi) is 2.24. The minimum absolute atomic E-state index is 0.830. The van der Waals surface area contributed by atoms with E-state index >= 15 is 0 Å². The number of rotatable bonds is 1. The summed E-state index contributed by atoms with van der Waals surface area (Å²) >= 11 is 6.84. The van der Waals surface area contributed by atoms with Crippen LogP contribution in [0.3, 0.4) is 0 Å². The molecule has 0 fully saturated rings. The number of furan rings is 1. The van der Waals surface area contributed by atoms with E-state index in [0.29, 0.717) is 0 Å². The van der Waals surface area contributed by atoms with Crippen LogP contribution >= 0.6 is 31.9 Å². The van der Waals surface area contributed by atoms with Crippen molar-refractivity contribution in [3.63, 3.8) is 0 Å². The van der Waals surface area contributed by atoms with Crippen LogP contribution in [0.5, 0.6) is 0 Å². The van der Waals surface area contributed by atoms with Gasteiger partial charge in [-0.3, -0.25) is 0 Å². The van der Waals surface area contributed by atoms with E-state index in [2.05, 4.69) is 37.9 Å². The molecule has 1 heterocycles. The second kappa shape index (κ2) is 3.23. The standard InChI is InChI=1S/C9H6Br2O/c10-4-6-5-12-9-7(6)2-1-3-8(9)11/h1-3,5H,4H2. The highest BCUT2D eigenvalue weighted by Gasteiger charge is 2.05. The number of hydrogen-bond acceptors (Lipinski definition) is 1. The van der Waals surface area contributed by atoms with Crippen LogP contribution in [0, 0.1) is 0 Å². The number of fused-ring (bicyclic) bond motifs is 1. The maximum Gasteiger partial charge on any atom is 0.148 e. The fraction of sp³-hybridized carbons (Fsp3) is 0.111. The first kappa shape index (κ1) is 8.32. The zero-order valence-corrected chi connectivity index (χ0v) is 9.35. The van der Waals surface area contributed by atoms with E-state index < -0.39 is 0 Å². The van der Waals surface area contributed by atoms with Gasteiger partial charge in [0.05, 0.1) is 10.7 Å². The maximum absolute atomic E-state index is 5.39. The van der Waals surface area contributed by atoms with Gasteiger partial charge in [-0.2, -0.15) is 0 Å².